The zero-order chi connectivity index (χ0) is 26.3. The fourth-order valence-corrected chi connectivity index (χ4v) is 3.97. The van der Waals surface area contributed by atoms with E-state index in [1.165, 1.54) is 25.4 Å². The molecule has 0 bridgehead atoms. The third-order valence-electron chi connectivity index (χ3n) is 4.83. The van der Waals surface area contributed by atoms with Gasteiger partial charge in [0, 0.05) is 38.0 Å². The van der Waals surface area contributed by atoms with E-state index in [0.717, 1.165) is 17.3 Å². The van der Waals surface area contributed by atoms with Crippen molar-refractivity contribution in [3.63, 3.8) is 0 Å². The molecular formula is C23H23F4N5O3S. The number of aromatic nitrogens is 2. The number of anilines is 2. The van der Waals surface area contributed by atoms with E-state index < -0.39 is 28.7 Å². The van der Waals surface area contributed by atoms with Gasteiger partial charge in [-0.15, -0.1) is 0 Å². The van der Waals surface area contributed by atoms with Crippen molar-refractivity contribution in [2.24, 2.45) is 5.10 Å². The number of hydrazone groups is 1. The molecule has 0 saturated heterocycles. The second-order valence-corrected chi connectivity index (χ2v) is 8.54. The average Bonchev–Trinajstić information content (AvgIpc) is 2.83. The zero-order valence-corrected chi connectivity index (χ0v) is 20.2. The molecule has 1 atom stereocenters. The summed E-state index contributed by atoms with van der Waals surface area (Å²) in [5.41, 5.74) is 1.67. The number of methoxy groups -OCH3 is 1. The van der Waals surface area contributed by atoms with Crippen LogP contribution in [0, 0.1) is 5.82 Å². The number of nitrogens with one attached hydrogen (secondary N) is 1. The zero-order valence-electron chi connectivity index (χ0n) is 19.4. The average molecular weight is 526 g/mol. The lowest BCUT2D eigenvalue weighted by Crippen LogP contribution is -2.23. The van der Waals surface area contributed by atoms with E-state index in [9.17, 15) is 21.8 Å². The van der Waals surface area contributed by atoms with Crippen LogP contribution in [0.25, 0.3) is 11.3 Å². The second-order valence-electron chi connectivity index (χ2n) is 7.36. The van der Waals surface area contributed by atoms with Gasteiger partial charge in [-0.3, -0.25) is 9.73 Å². The van der Waals surface area contributed by atoms with Gasteiger partial charge in [0.25, 0.3) is 0 Å². The normalized spacial score (nSPS) is 12.1. The van der Waals surface area contributed by atoms with Crippen molar-refractivity contribution in [1.29, 1.82) is 0 Å². The lowest BCUT2D eigenvalue weighted by atomic mass is 10.1. The molecule has 0 aliphatic heterocycles. The first-order valence-corrected chi connectivity index (χ1v) is 11.8. The molecule has 1 unspecified atom stereocenters. The van der Waals surface area contributed by atoms with Gasteiger partial charge < -0.3 is 9.47 Å². The van der Waals surface area contributed by atoms with Crippen LogP contribution in [-0.4, -0.2) is 53.6 Å². The minimum absolute atomic E-state index is 0.110. The van der Waals surface area contributed by atoms with Crippen molar-refractivity contribution >= 4 is 29.1 Å². The summed E-state index contributed by atoms with van der Waals surface area (Å²) >= 11 is 0. The molecule has 3 rings (SSSR count). The van der Waals surface area contributed by atoms with E-state index in [4.69, 9.17) is 9.47 Å². The Morgan fingerprint density at radius 2 is 1.97 bits per heavy atom. The Hall–Kier alpha value is -3.74. The van der Waals surface area contributed by atoms with Crippen molar-refractivity contribution in [2.75, 3.05) is 36.2 Å². The highest BCUT2D eigenvalue weighted by Crippen LogP contribution is 2.31. The van der Waals surface area contributed by atoms with Crippen LogP contribution in [0.15, 0.2) is 53.8 Å². The molecule has 192 valence electrons. The number of ether oxygens (including phenoxy) is 2. The quantitative estimate of drug-likeness (QED) is 0.224. The number of benzene rings is 1. The Morgan fingerprint density at radius 3 is 2.67 bits per heavy atom. The molecule has 0 spiro atoms. The number of nitrogens with zero attached hydrogens (tertiary/aromatic N) is 4. The molecule has 2 aromatic heterocycles. The van der Waals surface area contributed by atoms with Crippen molar-refractivity contribution in [2.45, 2.75) is 12.6 Å². The second kappa shape index (κ2) is 11.8. The predicted molar refractivity (Wildman–Crippen MR) is 130 cm³/mol. The minimum Gasteiger partial charge on any atom is -0.480 e. The van der Waals surface area contributed by atoms with E-state index in [2.05, 4.69) is 26.5 Å². The summed E-state index contributed by atoms with van der Waals surface area (Å²) in [4.78, 5) is 8.15. The van der Waals surface area contributed by atoms with Gasteiger partial charge in [-0.2, -0.15) is 18.3 Å². The minimum atomic E-state index is -4.65. The third kappa shape index (κ3) is 7.13. The smallest absolute Gasteiger partial charge is 0.402 e. The molecule has 1 N–H and O–H groups in total. The molecule has 1 aromatic carbocycles. The van der Waals surface area contributed by atoms with Gasteiger partial charge in [0.15, 0.2) is 0 Å². The van der Waals surface area contributed by atoms with Crippen LogP contribution in [-0.2, 0) is 17.4 Å². The Morgan fingerprint density at radius 1 is 1.22 bits per heavy atom. The van der Waals surface area contributed by atoms with Gasteiger partial charge in [-0.25, -0.2) is 18.6 Å². The summed E-state index contributed by atoms with van der Waals surface area (Å²) < 4.78 is 77.1. The highest BCUT2D eigenvalue weighted by atomic mass is 32.2. The maximum atomic E-state index is 14.6. The third-order valence-corrected chi connectivity index (χ3v) is 5.87. The van der Waals surface area contributed by atoms with E-state index in [-0.39, 0.29) is 35.3 Å². The van der Waals surface area contributed by atoms with Crippen LogP contribution < -0.4 is 19.2 Å². The maximum absolute atomic E-state index is 14.6. The summed E-state index contributed by atoms with van der Waals surface area (Å²) in [5.74, 6) is -2.27. The van der Waals surface area contributed by atoms with Gasteiger partial charge in [-0.05, 0) is 23.8 Å². The number of hydrogen-bond acceptors (Lipinski definition) is 7. The Balaban J connectivity index is 1.78. The van der Waals surface area contributed by atoms with Crippen molar-refractivity contribution < 1.29 is 31.2 Å². The number of pyridine rings is 2. The van der Waals surface area contributed by atoms with Crippen LogP contribution in [0.1, 0.15) is 5.56 Å². The summed E-state index contributed by atoms with van der Waals surface area (Å²) in [5, 5.41) is 5.52. The molecular weight excluding hydrogens is 502 g/mol. The molecule has 8 nitrogen and oxygen atoms in total. The van der Waals surface area contributed by atoms with Crippen molar-refractivity contribution in [1.82, 2.24) is 9.97 Å². The highest BCUT2D eigenvalue weighted by Gasteiger charge is 2.31. The number of para-hydroxylation sites is 1. The fraction of sp³-hybridized carbons (Fsp3) is 0.261. The summed E-state index contributed by atoms with van der Waals surface area (Å²) in [6.45, 7) is 3.74. The lowest BCUT2D eigenvalue weighted by molar-refractivity contribution is -0.105. The van der Waals surface area contributed by atoms with Crippen LogP contribution in [0.2, 0.25) is 0 Å². The SMILES string of the molecule is C=NN(C)c1ccccc1CCOc1ccc(F)c(-c2cnc(OC)c(NS(=O)CC(F)(F)F)c2)n1. The first kappa shape index (κ1) is 26.9. The van der Waals surface area contributed by atoms with Gasteiger partial charge in [0.1, 0.15) is 33.9 Å². The first-order valence-electron chi connectivity index (χ1n) is 10.4. The van der Waals surface area contributed by atoms with Crippen molar-refractivity contribution in [3.05, 3.63) is 60.0 Å². The highest BCUT2D eigenvalue weighted by molar-refractivity contribution is 7.86. The van der Waals surface area contributed by atoms with E-state index in [1.807, 2.05) is 24.3 Å². The Kier molecular flexibility index (Phi) is 8.80. The molecule has 0 aliphatic rings. The van der Waals surface area contributed by atoms with Crippen LogP contribution in [0.4, 0.5) is 28.9 Å². The van der Waals surface area contributed by atoms with Crippen LogP contribution in [0.5, 0.6) is 11.8 Å². The molecule has 0 fully saturated rings. The van der Waals surface area contributed by atoms with E-state index >= 15 is 0 Å². The number of rotatable bonds is 11. The molecule has 36 heavy (non-hydrogen) atoms. The standard InChI is InChI=1S/C23H23F4N5O3S/c1-28-32(2)19-7-5-4-6-15(19)10-11-35-20-9-8-17(24)21(30-20)16-12-18(22(34-3)29-13-16)31-36(33)14-23(25,26)27/h4-9,12-13,31H,1,10-11,14H2,2-3H3. The molecule has 0 amide bonds. The Labute approximate surface area is 207 Å². The van der Waals surface area contributed by atoms with Crippen LogP contribution in [0.3, 0.4) is 0 Å². The molecule has 0 aliphatic carbocycles. The van der Waals surface area contributed by atoms with E-state index in [1.54, 1.807) is 12.1 Å². The maximum Gasteiger partial charge on any atom is 0.402 e. The molecule has 0 radical (unpaired) electrons. The number of hydrogen-bond donors (Lipinski definition) is 1. The first-order chi connectivity index (χ1) is 17.1. The predicted octanol–water partition coefficient (Wildman–Crippen LogP) is 4.60. The van der Waals surface area contributed by atoms with Gasteiger partial charge in [0.05, 0.1) is 19.4 Å². The fourth-order valence-electron chi connectivity index (χ4n) is 3.21. The summed E-state index contributed by atoms with van der Waals surface area (Å²) in [6, 6.07) is 11.3. The largest absolute Gasteiger partial charge is 0.480 e. The molecule has 3 aromatic rings. The van der Waals surface area contributed by atoms with Crippen LogP contribution >= 0.6 is 0 Å². The monoisotopic (exact) mass is 525 g/mol. The summed E-state index contributed by atoms with van der Waals surface area (Å²) in [7, 11) is 0.510. The topological polar surface area (TPSA) is 88.9 Å². The number of halogens is 4. The van der Waals surface area contributed by atoms with E-state index in [0.29, 0.717) is 6.42 Å². The summed E-state index contributed by atoms with van der Waals surface area (Å²) in [6.07, 6.45) is -2.90. The van der Waals surface area contributed by atoms with Gasteiger partial charge in [0.2, 0.25) is 11.8 Å². The van der Waals surface area contributed by atoms with Crippen molar-refractivity contribution in [3.8, 4) is 23.0 Å². The molecule has 13 heteroatoms. The Bertz CT molecular complexity index is 1240. The number of alkyl halides is 3. The van der Waals surface area contributed by atoms with Gasteiger partial charge >= 0.3 is 6.18 Å². The van der Waals surface area contributed by atoms with Gasteiger partial charge in [-0.1, -0.05) is 18.2 Å². The molecule has 0 saturated carbocycles. The molecule has 2 heterocycles. The lowest BCUT2D eigenvalue weighted by Gasteiger charge is -2.17.